The number of carbonyl (C=O) groups excluding carboxylic acids is 2. The maximum Gasteiger partial charge on any atom is 0.302 e. The highest BCUT2D eigenvalue weighted by molar-refractivity contribution is 5.68. The SMILES string of the molecule is CC(=O)O[C@H]1C/C(C)=C/CC[C@@](C)(O)/C=C/[C@H](C(C)C)CC[C@]1(C)C=O. The van der Waals surface area contributed by atoms with Crippen LogP contribution >= 0.6 is 0 Å². The lowest BCUT2D eigenvalue weighted by molar-refractivity contribution is -0.154. The number of hydrogen-bond acceptors (Lipinski definition) is 4. The van der Waals surface area contributed by atoms with Gasteiger partial charge in [-0.2, -0.15) is 0 Å². The number of allylic oxidation sites excluding steroid dienone is 2. The third-order valence-electron chi connectivity index (χ3n) is 5.54. The Hall–Kier alpha value is -1.42. The lowest BCUT2D eigenvalue weighted by Gasteiger charge is -2.34. The summed E-state index contributed by atoms with van der Waals surface area (Å²) in [5.74, 6) is 0.298. The van der Waals surface area contributed by atoms with Gasteiger partial charge < -0.3 is 14.6 Å². The minimum absolute atomic E-state index is 0.258. The molecule has 0 saturated heterocycles. The highest BCUT2D eigenvalue weighted by Gasteiger charge is 2.37. The van der Waals surface area contributed by atoms with Crippen molar-refractivity contribution < 1.29 is 19.4 Å². The van der Waals surface area contributed by atoms with Crippen molar-refractivity contribution in [3.05, 3.63) is 23.8 Å². The van der Waals surface area contributed by atoms with Crippen LogP contribution in [0.25, 0.3) is 0 Å². The average Bonchev–Trinajstić information content (AvgIpc) is 2.52. The Morgan fingerprint density at radius 1 is 1.35 bits per heavy atom. The van der Waals surface area contributed by atoms with Gasteiger partial charge in [0.05, 0.1) is 11.0 Å². The summed E-state index contributed by atoms with van der Waals surface area (Å²) in [5, 5.41) is 10.6. The van der Waals surface area contributed by atoms with Crippen LogP contribution in [0.5, 0.6) is 0 Å². The van der Waals surface area contributed by atoms with Crippen LogP contribution in [0.15, 0.2) is 23.8 Å². The fraction of sp³-hybridized carbons (Fsp3) is 0.727. The third kappa shape index (κ3) is 7.06. The molecule has 1 aliphatic rings. The molecule has 1 N–H and O–H groups in total. The van der Waals surface area contributed by atoms with E-state index in [1.54, 1.807) is 0 Å². The van der Waals surface area contributed by atoms with Gasteiger partial charge in [-0.15, -0.1) is 0 Å². The number of aliphatic hydroxyl groups is 1. The van der Waals surface area contributed by atoms with Gasteiger partial charge in [0, 0.05) is 13.3 Å². The van der Waals surface area contributed by atoms with Crippen LogP contribution in [-0.2, 0) is 14.3 Å². The number of hydrogen-bond donors (Lipinski definition) is 1. The van der Waals surface area contributed by atoms with Crippen molar-refractivity contribution in [3.8, 4) is 0 Å². The molecule has 1 aliphatic carbocycles. The summed E-state index contributed by atoms with van der Waals surface area (Å²) in [6, 6.07) is 0. The summed E-state index contributed by atoms with van der Waals surface area (Å²) in [7, 11) is 0. The zero-order valence-electron chi connectivity index (χ0n) is 17.2. The first-order valence-electron chi connectivity index (χ1n) is 9.70. The summed E-state index contributed by atoms with van der Waals surface area (Å²) in [6.07, 6.45) is 9.90. The van der Waals surface area contributed by atoms with Gasteiger partial charge in [0.1, 0.15) is 12.4 Å². The second-order valence-corrected chi connectivity index (χ2v) is 8.68. The van der Waals surface area contributed by atoms with E-state index in [0.717, 1.165) is 24.7 Å². The Morgan fingerprint density at radius 3 is 2.54 bits per heavy atom. The quantitative estimate of drug-likeness (QED) is 0.451. The molecule has 0 amide bonds. The van der Waals surface area contributed by atoms with E-state index < -0.39 is 17.1 Å². The number of carbonyl (C=O) groups is 2. The zero-order valence-corrected chi connectivity index (χ0v) is 17.2. The lowest BCUT2D eigenvalue weighted by Crippen LogP contribution is -2.38. The van der Waals surface area contributed by atoms with Crippen LogP contribution in [0, 0.1) is 17.3 Å². The predicted molar refractivity (Wildman–Crippen MR) is 105 cm³/mol. The third-order valence-corrected chi connectivity index (χ3v) is 5.54. The van der Waals surface area contributed by atoms with Crippen molar-refractivity contribution in [1.82, 2.24) is 0 Å². The van der Waals surface area contributed by atoms with Gasteiger partial charge in [-0.05, 0) is 58.3 Å². The van der Waals surface area contributed by atoms with Crippen molar-refractivity contribution in [1.29, 1.82) is 0 Å². The van der Waals surface area contributed by atoms with Gasteiger partial charge in [0.15, 0.2) is 0 Å². The summed E-state index contributed by atoms with van der Waals surface area (Å²) >= 11 is 0. The van der Waals surface area contributed by atoms with E-state index in [1.165, 1.54) is 6.92 Å². The molecule has 0 bridgehead atoms. The molecule has 0 radical (unpaired) electrons. The summed E-state index contributed by atoms with van der Waals surface area (Å²) < 4.78 is 5.56. The molecule has 0 aromatic carbocycles. The number of esters is 1. The molecule has 4 heteroatoms. The molecule has 148 valence electrons. The lowest BCUT2D eigenvalue weighted by atomic mass is 9.75. The molecule has 26 heavy (non-hydrogen) atoms. The van der Waals surface area contributed by atoms with Crippen molar-refractivity contribution in [2.45, 2.75) is 85.4 Å². The Bertz CT molecular complexity index is 544. The van der Waals surface area contributed by atoms with E-state index >= 15 is 0 Å². The standard InChI is InChI=1S/C22H36O4/c1-16(2)19-9-12-21(5,15-23)20(26-18(4)24)14-17(3)8-7-11-22(6,25)13-10-19/h8,10,13,15-16,19-20,25H,7,9,11-12,14H2,1-6H3/b13-10+,17-8+/t19-,20+,21-,22-/m1/s1. The molecule has 1 rings (SSSR count). The summed E-state index contributed by atoms with van der Waals surface area (Å²) in [4.78, 5) is 23.6. The fourth-order valence-electron chi connectivity index (χ4n) is 3.44. The number of rotatable bonds is 3. The maximum absolute atomic E-state index is 12.0. The summed E-state index contributed by atoms with van der Waals surface area (Å²) in [5.41, 5.74) is -0.497. The molecule has 4 nitrogen and oxygen atoms in total. The Kier molecular flexibility index (Phi) is 8.26. The summed E-state index contributed by atoms with van der Waals surface area (Å²) in [6.45, 7) is 11.4. The van der Waals surface area contributed by atoms with Crippen LogP contribution < -0.4 is 0 Å². The first-order chi connectivity index (χ1) is 12.0. The molecule has 0 spiro atoms. The molecular weight excluding hydrogens is 328 g/mol. The highest BCUT2D eigenvalue weighted by atomic mass is 16.5. The van der Waals surface area contributed by atoms with Crippen LogP contribution in [0.2, 0.25) is 0 Å². The minimum Gasteiger partial charge on any atom is -0.461 e. The van der Waals surface area contributed by atoms with E-state index in [2.05, 4.69) is 26.0 Å². The molecular formula is C22H36O4. The van der Waals surface area contributed by atoms with Gasteiger partial charge in [-0.3, -0.25) is 4.79 Å². The van der Waals surface area contributed by atoms with Crippen LogP contribution in [0.1, 0.15) is 73.6 Å². The van der Waals surface area contributed by atoms with E-state index in [0.29, 0.717) is 25.2 Å². The molecule has 0 aromatic rings. The van der Waals surface area contributed by atoms with E-state index in [1.807, 2.05) is 26.8 Å². The van der Waals surface area contributed by atoms with Gasteiger partial charge in [0.25, 0.3) is 0 Å². The van der Waals surface area contributed by atoms with Crippen LogP contribution in [0.3, 0.4) is 0 Å². The topological polar surface area (TPSA) is 63.6 Å². The molecule has 0 saturated carbocycles. The zero-order chi connectivity index (χ0) is 20.0. The Labute approximate surface area is 158 Å². The predicted octanol–water partition coefficient (Wildman–Crippen LogP) is 4.61. The van der Waals surface area contributed by atoms with Crippen molar-refractivity contribution in [2.75, 3.05) is 0 Å². The van der Waals surface area contributed by atoms with Gasteiger partial charge in [0.2, 0.25) is 0 Å². The smallest absolute Gasteiger partial charge is 0.302 e. The van der Waals surface area contributed by atoms with Crippen molar-refractivity contribution in [3.63, 3.8) is 0 Å². The Balaban J connectivity index is 3.22. The Morgan fingerprint density at radius 2 is 2.00 bits per heavy atom. The number of aldehydes is 1. The molecule has 0 aromatic heterocycles. The fourth-order valence-corrected chi connectivity index (χ4v) is 3.44. The molecule has 4 atom stereocenters. The highest BCUT2D eigenvalue weighted by Crippen LogP contribution is 2.35. The number of ether oxygens (including phenoxy) is 1. The van der Waals surface area contributed by atoms with E-state index in [-0.39, 0.29) is 11.9 Å². The van der Waals surface area contributed by atoms with Gasteiger partial charge in [-0.1, -0.05) is 37.6 Å². The molecule has 0 fully saturated rings. The second kappa shape index (κ2) is 9.50. The first kappa shape index (κ1) is 22.6. The molecule has 0 aliphatic heterocycles. The minimum atomic E-state index is -0.846. The largest absolute Gasteiger partial charge is 0.461 e. The van der Waals surface area contributed by atoms with Crippen LogP contribution in [-0.4, -0.2) is 29.1 Å². The second-order valence-electron chi connectivity index (χ2n) is 8.68. The normalized spacial score (nSPS) is 37.5. The molecule has 0 unspecified atom stereocenters. The maximum atomic E-state index is 12.0. The van der Waals surface area contributed by atoms with Gasteiger partial charge >= 0.3 is 5.97 Å². The molecule has 0 heterocycles. The van der Waals surface area contributed by atoms with E-state index in [4.69, 9.17) is 4.74 Å². The monoisotopic (exact) mass is 364 g/mol. The van der Waals surface area contributed by atoms with Gasteiger partial charge in [-0.25, -0.2) is 0 Å². The van der Waals surface area contributed by atoms with Crippen molar-refractivity contribution >= 4 is 12.3 Å². The average molecular weight is 365 g/mol. The van der Waals surface area contributed by atoms with Crippen LogP contribution in [0.4, 0.5) is 0 Å². The van der Waals surface area contributed by atoms with Crippen molar-refractivity contribution in [2.24, 2.45) is 17.3 Å². The first-order valence-corrected chi connectivity index (χ1v) is 9.70. The van der Waals surface area contributed by atoms with E-state index in [9.17, 15) is 14.7 Å².